The van der Waals surface area contributed by atoms with Gasteiger partial charge in [-0.1, -0.05) is 35.0 Å². The fourth-order valence-corrected chi connectivity index (χ4v) is 2.27. The van der Waals surface area contributed by atoms with Crippen molar-refractivity contribution in [3.05, 3.63) is 46.8 Å². The highest BCUT2D eigenvalue weighted by Crippen LogP contribution is 2.35. The Kier molecular flexibility index (Phi) is 5.18. The zero-order valence-corrected chi connectivity index (χ0v) is 13.8. The molecule has 0 bridgehead atoms. The predicted octanol–water partition coefficient (Wildman–Crippen LogP) is 3.90. The summed E-state index contributed by atoms with van der Waals surface area (Å²) in [5.41, 5.74) is -0.860. The summed E-state index contributed by atoms with van der Waals surface area (Å²) in [6.45, 7) is 0. The highest BCUT2D eigenvalue weighted by molar-refractivity contribution is 6.33. The Balaban J connectivity index is 2.68. The number of benzene rings is 1. The molecule has 0 radical (unpaired) electrons. The van der Waals surface area contributed by atoms with Crippen LogP contribution < -0.4 is 0 Å². The number of carbonyl (C=O) groups is 1. The first kappa shape index (κ1) is 18.5. The first-order valence-corrected chi connectivity index (χ1v) is 7.19. The summed E-state index contributed by atoms with van der Waals surface area (Å²) in [5, 5.41) is 13.3. The Bertz CT molecular complexity index is 879. The van der Waals surface area contributed by atoms with Crippen LogP contribution in [0.4, 0.5) is 13.2 Å². The van der Waals surface area contributed by atoms with Crippen LogP contribution in [0.15, 0.2) is 35.0 Å². The number of Topliss-reactive ketones (excluding diaryl/α,β-unsaturated/α-hetero) is 1. The van der Waals surface area contributed by atoms with Gasteiger partial charge in [0, 0.05) is 25.9 Å². The van der Waals surface area contributed by atoms with E-state index in [2.05, 4.69) is 5.16 Å². The summed E-state index contributed by atoms with van der Waals surface area (Å²) >= 11 is 6.04. The first-order chi connectivity index (χ1) is 11.7. The van der Waals surface area contributed by atoms with Gasteiger partial charge in [0.25, 0.3) is 5.78 Å². The minimum absolute atomic E-state index is 0.0391. The number of hydrogen-bond donors (Lipinski definition) is 0. The molecule has 9 heteroatoms. The molecule has 0 aliphatic heterocycles. The second-order valence-electron chi connectivity index (χ2n) is 5.16. The molecule has 0 spiro atoms. The minimum Gasteiger partial charge on any atom is -0.383 e. The lowest BCUT2D eigenvalue weighted by molar-refractivity contribution is -0.164. The molecule has 5 nitrogen and oxygen atoms in total. The summed E-state index contributed by atoms with van der Waals surface area (Å²) in [5.74, 6) is -2.70. The number of alkyl halides is 3. The molecule has 0 saturated carbocycles. The van der Waals surface area contributed by atoms with E-state index in [0.717, 1.165) is 6.20 Å². The Labute approximate surface area is 145 Å². The van der Waals surface area contributed by atoms with Crippen molar-refractivity contribution in [1.29, 1.82) is 5.26 Å². The molecule has 2 aromatic rings. The zero-order chi connectivity index (χ0) is 18.8. The van der Waals surface area contributed by atoms with Gasteiger partial charge in [0.1, 0.15) is 17.3 Å². The van der Waals surface area contributed by atoms with Crippen LogP contribution in [0.25, 0.3) is 16.8 Å². The zero-order valence-electron chi connectivity index (χ0n) is 13.1. The molecule has 0 atom stereocenters. The highest BCUT2D eigenvalue weighted by Gasteiger charge is 2.43. The van der Waals surface area contributed by atoms with Gasteiger partial charge in [-0.2, -0.15) is 18.4 Å². The van der Waals surface area contributed by atoms with Crippen LogP contribution in [0.2, 0.25) is 5.02 Å². The summed E-state index contributed by atoms with van der Waals surface area (Å²) < 4.78 is 43.6. The van der Waals surface area contributed by atoms with Crippen LogP contribution in [-0.2, 0) is 4.79 Å². The number of rotatable bonds is 4. The van der Waals surface area contributed by atoms with Gasteiger partial charge in [-0.25, -0.2) is 0 Å². The molecular formula is C16H11ClF3N3O2. The first-order valence-electron chi connectivity index (χ1n) is 6.81. The molecule has 2 rings (SSSR count). The maximum atomic E-state index is 12.9. The minimum atomic E-state index is -5.13. The van der Waals surface area contributed by atoms with E-state index < -0.39 is 23.3 Å². The summed E-state index contributed by atoms with van der Waals surface area (Å²) in [6.07, 6.45) is -4.21. The number of nitrogens with zero attached hydrogens (tertiary/aromatic N) is 3. The molecule has 0 saturated heterocycles. The van der Waals surface area contributed by atoms with Gasteiger partial charge in [0.15, 0.2) is 5.76 Å². The summed E-state index contributed by atoms with van der Waals surface area (Å²) in [6, 6.07) is 8.06. The summed E-state index contributed by atoms with van der Waals surface area (Å²) in [4.78, 5) is 13.0. The van der Waals surface area contributed by atoms with Crippen molar-refractivity contribution < 1.29 is 22.5 Å². The van der Waals surface area contributed by atoms with Crippen molar-refractivity contribution in [1.82, 2.24) is 10.1 Å². The SMILES string of the molecule is CN(C)C=C(C(=O)C(F)(F)F)c1onc(-c2ccccc2Cl)c1C#N. The lowest BCUT2D eigenvalue weighted by Crippen LogP contribution is -2.25. The van der Waals surface area contributed by atoms with Crippen LogP contribution in [0.1, 0.15) is 11.3 Å². The normalized spacial score (nSPS) is 12.0. The Hall–Kier alpha value is -2.79. The van der Waals surface area contributed by atoms with Gasteiger partial charge in [-0.15, -0.1) is 0 Å². The molecular weight excluding hydrogens is 359 g/mol. The van der Waals surface area contributed by atoms with E-state index in [1.807, 2.05) is 0 Å². The van der Waals surface area contributed by atoms with Gasteiger partial charge in [-0.3, -0.25) is 4.79 Å². The van der Waals surface area contributed by atoms with E-state index in [1.54, 1.807) is 18.2 Å². The van der Waals surface area contributed by atoms with E-state index >= 15 is 0 Å². The lowest BCUT2D eigenvalue weighted by Gasteiger charge is -2.11. The van der Waals surface area contributed by atoms with Crippen LogP contribution >= 0.6 is 11.6 Å². The fourth-order valence-electron chi connectivity index (χ4n) is 2.05. The van der Waals surface area contributed by atoms with Crippen molar-refractivity contribution >= 4 is 23.0 Å². The maximum absolute atomic E-state index is 12.9. The highest BCUT2D eigenvalue weighted by atomic mass is 35.5. The molecule has 130 valence electrons. The number of aromatic nitrogens is 1. The van der Waals surface area contributed by atoms with Gasteiger partial charge >= 0.3 is 6.18 Å². The average Bonchev–Trinajstić information content (AvgIpc) is 2.94. The Morgan fingerprint density at radius 2 is 2.00 bits per heavy atom. The number of carbonyl (C=O) groups excluding carboxylic acids is 1. The number of allylic oxidation sites excluding steroid dienone is 1. The topological polar surface area (TPSA) is 70.1 Å². The molecule has 0 unspecified atom stereocenters. The second kappa shape index (κ2) is 6.99. The molecule has 0 aliphatic carbocycles. The predicted molar refractivity (Wildman–Crippen MR) is 84.4 cm³/mol. The number of halogens is 4. The number of nitriles is 1. The van der Waals surface area contributed by atoms with Crippen molar-refractivity contribution in [3.8, 4) is 17.3 Å². The largest absolute Gasteiger partial charge is 0.455 e. The standard InChI is InChI=1S/C16H11ClF3N3O2/c1-23(2)8-11(15(24)16(18,19)20)14-10(7-21)13(22-25-14)9-5-3-4-6-12(9)17/h3-6,8H,1-2H3. The van der Waals surface area contributed by atoms with Crippen molar-refractivity contribution in [2.45, 2.75) is 6.18 Å². The van der Waals surface area contributed by atoms with Crippen molar-refractivity contribution in [2.75, 3.05) is 14.1 Å². The van der Waals surface area contributed by atoms with E-state index in [1.165, 1.54) is 31.1 Å². The van der Waals surface area contributed by atoms with E-state index in [0.29, 0.717) is 5.56 Å². The van der Waals surface area contributed by atoms with Crippen LogP contribution in [-0.4, -0.2) is 36.1 Å². The van der Waals surface area contributed by atoms with E-state index in [9.17, 15) is 23.2 Å². The summed E-state index contributed by atoms with van der Waals surface area (Å²) in [7, 11) is 2.86. The van der Waals surface area contributed by atoms with Crippen LogP contribution in [0, 0.1) is 11.3 Å². The molecule has 0 aliphatic rings. The van der Waals surface area contributed by atoms with E-state index in [-0.39, 0.29) is 16.3 Å². The number of ketones is 1. The van der Waals surface area contributed by atoms with Crippen LogP contribution in [0.5, 0.6) is 0 Å². The third-order valence-corrected chi connectivity index (χ3v) is 3.40. The quantitative estimate of drug-likeness (QED) is 0.764. The molecule has 1 aromatic heterocycles. The van der Waals surface area contributed by atoms with Crippen molar-refractivity contribution in [2.24, 2.45) is 0 Å². The fraction of sp³-hybridized carbons (Fsp3) is 0.188. The monoisotopic (exact) mass is 369 g/mol. The average molecular weight is 370 g/mol. The van der Waals surface area contributed by atoms with Crippen molar-refractivity contribution in [3.63, 3.8) is 0 Å². The molecule has 0 N–H and O–H groups in total. The molecule has 25 heavy (non-hydrogen) atoms. The Morgan fingerprint density at radius 1 is 1.36 bits per heavy atom. The van der Waals surface area contributed by atoms with Gasteiger partial charge in [0.2, 0.25) is 0 Å². The smallest absolute Gasteiger partial charge is 0.383 e. The number of hydrogen-bond acceptors (Lipinski definition) is 5. The molecule has 0 amide bonds. The second-order valence-corrected chi connectivity index (χ2v) is 5.57. The Morgan fingerprint density at radius 3 is 2.52 bits per heavy atom. The lowest BCUT2D eigenvalue weighted by atomic mass is 10.0. The van der Waals surface area contributed by atoms with Crippen LogP contribution in [0.3, 0.4) is 0 Å². The molecule has 1 aromatic carbocycles. The third-order valence-electron chi connectivity index (χ3n) is 3.07. The van der Waals surface area contributed by atoms with Gasteiger partial charge in [0.05, 0.1) is 10.6 Å². The molecule has 1 heterocycles. The van der Waals surface area contributed by atoms with Gasteiger partial charge in [-0.05, 0) is 6.07 Å². The molecule has 0 fully saturated rings. The third kappa shape index (κ3) is 3.83. The van der Waals surface area contributed by atoms with Gasteiger partial charge < -0.3 is 9.42 Å². The maximum Gasteiger partial charge on any atom is 0.455 e. The van der Waals surface area contributed by atoms with E-state index in [4.69, 9.17) is 16.1 Å².